The maximum Gasteiger partial charge on any atom is 0.232 e. The van der Waals surface area contributed by atoms with Crippen molar-refractivity contribution in [3.63, 3.8) is 0 Å². The molecule has 1 amide bonds. The number of amides is 1. The van der Waals surface area contributed by atoms with Gasteiger partial charge in [-0.25, -0.2) is 0 Å². The van der Waals surface area contributed by atoms with E-state index in [1.54, 1.807) is 0 Å². The average molecular weight is 173 g/mol. The summed E-state index contributed by atoms with van der Waals surface area (Å²) in [6.07, 6.45) is 2.60. The van der Waals surface area contributed by atoms with E-state index in [0.717, 1.165) is 19.0 Å². The number of hydrogen-bond acceptors (Lipinski definition) is 2. The molecule has 1 saturated carbocycles. The van der Waals surface area contributed by atoms with Gasteiger partial charge in [0.05, 0.1) is 5.75 Å². The van der Waals surface area contributed by atoms with Crippen LogP contribution in [-0.4, -0.2) is 29.6 Å². The molecule has 2 nitrogen and oxygen atoms in total. The highest BCUT2D eigenvalue weighted by molar-refractivity contribution is 7.81. The van der Waals surface area contributed by atoms with Crippen LogP contribution >= 0.6 is 12.6 Å². The number of carbonyl (C=O) groups is 1. The Morgan fingerprint density at radius 1 is 1.64 bits per heavy atom. The minimum atomic E-state index is 0.169. The molecule has 11 heavy (non-hydrogen) atoms. The van der Waals surface area contributed by atoms with Crippen molar-refractivity contribution in [1.29, 1.82) is 0 Å². The highest BCUT2D eigenvalue weighted by Gasteiger charge is 2.25. The van der Waals surface area contributed by atoms with Gasteiger partial charge >= 0.3 is 0 Å². The number of hydrogen-bond donors (Lipinski definition) is 1. The molecule has 1 rings (SSSR count). The van der Waals surface area contributed by atoms with Gasteiger partial charge in [0.15, 0.2) is 0 Å². The van der Waals surface area contributed by atoms with Gasteiger partial charge in [-0.2, -0.15) is 12.6 Å². The van der Waals surface area contributed by atoms with Crippen LogP contribution in [0.2, 0.25) is 0 Å². The van der Waals surface area contributed by atoms with E-state index in [9.17, 15) is 4.79 Å². The SMILES string of the molecule is CCN(CC1CC1)C(=O)CS. The maximum absolute atomic E-state index is 11.2. The topological polar surface area (TPSA) is 20.3 Å². The van der Waals surface area contributed by atoms with E-state index in [2.05, 4.69) is 12.6 Å². The van der Waals surface area contributed by atoms with Gasteiger partial charge in [-0.05, 0) is 25.7 Å². The summed E-state index contributed by atoms with van der Waals surface area (Å²) in [7, 11) is 0. The molecule has 3 heteroatoms. The first kappa shape index (κ1) is 8.91. The fourth-order valence-corrected chi connectivity index (χ4v) is 1.32. The van der Waals surface area contributed by atoms with Crippen molar-refractivity contribution in [2.75, 3.05) is 18.8 Å². The van der Waals surface area contributed by atoms with Crippen LogP contribution in [0.4, 0.5) is 0 Å². The van der Waals surface area contributed by atoms with Crippen LogP contribution < -0.4 is 0 Å². The van der Waals surface area contributed by atoms with E-state index >= 15 is 0 Å². The molecule has 64 valence electrons. The number of thiol groups is 1. The van der Waals surface area contributed by atoms with Gasteiger partial charge in [-0.15, -0.1) is 0 Å². The lowest BCUT2D eigenvalue weighted by atomic mass is 10.3. The second-order valence-electron chi connectivity index (χ2n) is 3.03. The minimum Gasteiger partial charge on any atom is -0.342 e. The van der Waals surface area contributed by atoms with Gasteiger partial charge in [0, 0.05) is 13.1 Å². The van der Waals surface area contributed by atoms with Crippen LogP contribution in [0.25, 0.3) is 0 Å². The van der Waals surface area contributed by atoms with Crippen LogP contribution in [0.1, 0.15) is 19.8 Å². The monoisotopic (exact) mass is 173 g/mol. The van der Waals surface area contributed by atoms with Gasteiger partial charge in [-0.1, -0.05) is 0 Å². The summed E-state index contributed by atoms with van der Waals surface area (Å²) < 4.78 is 0. The first-order chi connectivity index (χ1) is 5.27. The summed E-state index contributed by atoms with van der Waals surface area (Å²) in [5.41, 5.74) is 0. The Morgan fingerprint density at radius 2 is 2.27 bits per heavy atom. The van der Waals surface area contributed by atoms with E-state index in [1.165, 1.54) is 12.8 Å². The van der Waals surface area contributed by atoms with Crippen LogP contribution in [0.5, 0.6) is 0 Å². The molecule has 0 aromatic heterocycles. The first-order valence-electron chi connectivity index (χ1n) is 4.16. The third-order valence-electron chi connectivity index (χ3n) is 2.05. The lowest BCUT2D eigenvalue weighted by Crippen LogP contribution is -2.33. The number of rotatable bonds is 4. The van der Waals surface area contributed by atoms with E-state index < -0.39 is 0 Å². The van der Waals surface area contributed by atoms with E-state index in [1.807, 2.05) is 11.8 Å². The molecule has 0 heterocycles. The molecule has 0 radical (unpaired) electrons. The van der Waals surface area contributed by atoms with Crippen molar-refractivity contribution in [2.24, 2.45) is 5.92 Å². The van der Waals surface area contributed by atoms with E-state index in [4.69, 9.17) is 0 Å². The standard InChI is InChI=1S/C8H15NOS/c1-2-9(8(10)6-11)5-7-3-4-7/h7,11H,2-6H2,1H3. The van der Waals surface area contributed by atoms with Crippen molar-refractivity contribution < 1.29 is 4.79 Å². The fraction of sp³-hybridized carbons (Fsp3) is 0.875. The van der Waals surface area contributed by atoms with Gasteiger partial charge in [0.2, 0.25) is 5.91 Å². The second-order valence-corrected chi connectivity index (χ2v) is 3.35. The summed E-state index contributed by atoms with van der Waals surface area (Å²) in [5.74, 6) is 1.31. The molecule has 0 aromatic rings. The smallest absolute Gasteiger partial charge is 0.232 e. The molecule has 0 saturated heterocycles. The lowest BCUT2D eigenvalue weighted by Gasteiger charge is -2.19. The van der Waals surface area contributed by atoms with Crippen LogP contribution in [0, 0.1) is 5.92 Å². The van der Waals surface area contributed by atoms with Gasteiger partial charge in [-0.3, -0.25) is 4.79 Å². The normalized spacial score (nSPS) is 16.5. The molecule has 0 aliphatic heterocycles. The van der Waals surface area contributed by atoms with Crippen molar-refractivity contribution >= 4 is 18.5 Å². The average Bonchev–Trinajstić information content (AvgIpc) is 2.82. The molecule has 0 N–H and O–H groups in total. The van der Waals surface area contributed by atoms with Gasteiger partial charge < -0.3 is 4.90 Å². The summed E-state index contributed by atoms with van der Waals surface area (Å²) in [4.78, 5) is 13.0. The van der Waals surface area contributed by atoms with Crippen molar-refractivity contribution in [3.05, 3.63) is 0 Å². The molecule has 1 fully saturated rings. The molecule has 1 aliphatic carbocycles. The Hall–Kier alpha value is -0.180. The Morgan fingerprint density at radius 3 is 2.64 bits per heavy atom. The zero-order valence-corrected chi connectivity index (χ0v) is 7.81. The van der Waals surface area contributed by atoms with Gasteiger partial charge in [0.25, 0.3) is 0 Å². The number of nitrogens with zero attached hydrogens (tertiary/aromatic N) is 1. The highest BCUT2D eigenvalue weighted by Crippen LogP contribution is 2.29. The Balaban J connectivity index is 2.27. The third-order valence-corrected chi connectivity index (χ3v) is 2.32. The highest BCUT2D eigenvalue weighted by atomic mass is 32.1. The largest absolute Gasteiger partial charge is 0.342 e. The second kappa shape index (κ2) is 4.00. The molecule has 0 unspecified atom stereocenters. The molecule has 0 atom stereocenters. The maximum atomic E-state index is 11.2. The summed E-state index contributed by atoms with van der Waals surface area (Å²) in [6.45, 7) is 3.80. The third kappa shape index (κ3) is 2.73. The molecular formula is C8H15NOS. The van der Waals surface area contributed by atoms with Crippen molar-refractivity contribution in [2.45, 2.75) is 19.8 Å². The van der Waals surface area contributed by atoms with Gasteiger partial charge in [0.1, 0.15) is 0 Å². The molecule has 0 spiro atoms. The molecular weight excluding hydrogens is 158 g/mol. The summed E-state index contributed by atoms with van der Waals surface area (Å²) >= 11 is 3.96. The minimum absolute atomic E-state index is 0.169. The first-order valence-corrected chi connectivity index (χ1v) is 4.79. The zero-order chi connectivity index (χ0) is 8.27. The summed E-state index contributed by atoms with van der Waals surface area (Å²) in [6, 6.07) is 0. The quantitative estimate of drug-likeness (QED) is 0.633. The van der Waals surface area contributed by atoms with E-state index in [-0.39, 0.29) is 5.91 Å². The lowest BCUT2D eigenvalue weighted by molar-refractivity contribution is -0.128. The van der Waals surface area contributed by atoms with E-state index in [0.29, 0.717) is 5.75 Å². The predicted octanol–water partition coefficient (Wildman–Crippen LogP) is 1.17. The zero-order valence-electron chi connectivity index (χ0n) is 6.92. The Labute approximate surface area is 73.4 Å². The van der Waals surface area contributed by atoms with Crippen molar-refractivity contribution in [1.82, 2.24) is 4.90 Å². The fourth-order valence-electron chi connectivity index (χ4n) is 1.12. The van der Waals surface area contributed by atoms with Crippen LogP contribution in [0.3, 0.4) is 0 Å². The van der Waals surface area contributed by atoms with Crippen LogP contribution in [0.15, 0.2) is 0 Å². The number of carbonyl (C=O) groups excluding carboxylic acids is 1. The molecule has 0 bridgehead atoms. The molecule has 0 aromatic carbocycles. The predicted molar refractivity (Wildman–Crippen MR) is 48.8 cm³/mol. The molecule has 1 aliphatic rings. The Bertz CT molecular complexity index is 145. The Kier molecular flexibility index (Phi) is 3.24. The van der Waals surface area contributed by atoms with Crippen molar-refractivity contribution in [3.8, 4) is 0 Å². The summed E-state index contributed by atoms with van der Waals surface area (Å²) in [5, 5.41) is 0. The van der Waals surface area contributed by atoms with Crippen LogP contribution in [-0.2, 0) is 4.79 Å².